The van der Waals surface area contributed by atoms with E-state index in [1.54, 1.807) is 6.07 Å². The predicted octanol–water partition coefficient (Wildman–Crippen LogP) is 4.08. The molecule has 2 aromatic carbocycles. The summed E-state index contributed by atoms with van der Waals surface area (Å²) >= 11 is 0.532. The van der Waals surface area contributed by atoms with Gasteiger partial charge in [0.05, 0.1) is 5.41 Å². The van der Waals surface area contributed by atoms with E-state index in [1.807, 2.05) is 0 Å². The van der Waals surface area contributed by atoms with E-state index in [1.165, 1.54) is 32.0 Å². The molecule has 34 heavy (non-hydrogen) atoms. The summed E-state index contributed by atoms with van der Waals surface area (Å²) in [7, 11) is 0. The predicted molar refractivity (Wildman–Crippen MR) is 118 cm³/mol. The molecule has 1 unspecified atom stereocenters. The summed E-state index contributed by atoms with van der Waals surface area (Å²) in [6.07, 6.45) is -4.91. The number of alkyl halides is 3. The first-order valence-electron chi connectivity index (χ1n) is 9.86. The van der Waals surface area contributed by atoms with E-state index in [4.69, 9.17) is 5.73 Å². The molecule has 1 aromatic heterocycles. The summed E-state index contributed by atoms with van der Waals surface area (Å²) in [5.74, 6) is -2.71. The first-order chi connectivity index (χ1) is 15.8. The van der Waals surface area contributed by atoms with Gasteiger partial charge in [-0.2, -0.15) is 13.2 Å². The van der Waals surface area contributed by atoms with Crippen LogP contribution >= 0.6 is 11.3 Å². The Balaban J connectivity index is 2.09. The Hall–Kier alpha value is -3.60. The molecule has 11 heteroatoms. The number of aromatic nitrogens is 1. The highest BCUT2D eigenvalue weighted by molar-refractivity contribution is 7.17. The number of hydrogen-bond acceptors (Lipinski definition) is 5. The molecule has 0 aliphatic heterocycles. The van der Waals surface area contributed by atoms with Crippen LogP contribution in [0.25, 0.3) is 10.6 Å². The van der Waals surface area contributed by atoms with Crippen LogP contribution in [0, 0.1) is 5.82 Å². The molecular formula is C23H19F4N3O3S. The zero-order chi connectivity index (χ0) is 25.3. The molecule has 1 heterocycles. The van der Waals surface area contributed by atoms with Crippen LogP contribution < -0.4 is 11.1 Å². The van der Waals surface area contributed by atoms with Gasteiger partial charge in [-0.15, -0.1) is 11.3 Å². The van der Waals surface area contributed by atoms with Gasteiger partial charge in [0, 0.05) is 24.6 Å². The third-order valence-electron chi connectivity index (χ3n) is 5.19. The van der Waals surface area contributed by atoms with Crippen molar-refractivity contribution < 1.29 is 31.9 Å². The molecule has 0 saturated heterocycles. The molecule has 6 nitrogen and oxygen atoms in total. The minimum Gasteiger partial charge on any atom is -0.369 e. The van der Waals surface area contributed by atoms with E-state index in [-0.39, 0.29) is 28.6 Å². The molecule has 0 spiro atoms. The lowest BCUT2D eigenvalue weighted by Crippen LogP contribution is -2.47. The largest absolute Gasteiger partial charge is 0.434 e. The molecule has 0 aliphatic rings. The van der Waals surface area contributed by atoms with E-state index in [9.17, 15) is 31.9 Å². The molecule has 1 atom stereocenters. The number of nitrogens with two attached hydrogens (primary N) is 1. The lowest BCUT2D eigenvalue weighted by molar-refractivity contribution is -0.141. The second-order valence-electron chi connectivity index (χ2n) is 7.72. The fourth-order valence-corrected chi connectivity index (χ4v) is 4.19. The van der Waals surface area contributed by atoms with Crippen molar-refractivity contribution in [3.8, 4) is 10.6 Å². The van der Waals surface area contributed by atoms with Crippen LogP contribution in [0.5, 0.6) is 0 Å². The summed E-state index contributed by atoms with van der Waals surface area (Å²) in [4.78, 5) is 39.3. The molecule has 0 radical (unpaired) electrons. The normalized spacial score (nSPS) is 13.2. The van der Waals surface area contributed by atoms with Gasteiger partial charge in [0.2, 0.25) is 17.6 Å². The Kier molecular flexibility index (Phi) is 6.87. The Morgan fingerprint density at radius 2 is 1.74 bits per heavy atom. The quantitative estimate of drug-likeness (QED) is 0.383. The number of hydrogen-bond donors (Lipinski definition) is 2. The number of amides is 2. The van der Waals surface area contributed by atoms with Gasteiger partial charge in [0.15, 0.2) is 5.69 Å². The molecule has 0 bridgehead atoms. The Labute approximate surface area is 195 Å². The molecule has 0 saturated carbocycles. The third kappa shape index (κ3) is 5.14. The van der Waals surface area contributed by atoms with Crippen LogP contribution in [-0.4, -0.2) is 29.1 Å². The number of thiazole rings is 1. The summed E-state index contributed by atoms with van der Waals surface area (Å²) < 4.78 is 54.3. The fourth-order valence-electron chi connectivity index (χ4n) is 3.15. The topological polar surface area (TPSA) is 102 Å². The molecule has 3 N–H and O–H groups in total. The lowest BCUT2D eigenvalue weighted by atomic mass is 9.81. The number of rotatable bonds is 7. The van der Waals surface area contributed by atoms with Crippen molar-refractivity contribution in [3.63, 3.8) is 0 Å². The van der Waals surface area contributed by atoms with Gasteiger partial charge < -0.3 is 11.1 Å². The highest BCUT2D eigenvalue weighted by Gasteiger charge is 2.40. The Morgan fingerprint density at radius 1 is 1.09 bits per heavy atom. The van der Waals surface area contributed by atoms with E-state index >= 15 is 0 Å². The minimum atomic E-state index is -4.91. The third-order valence-corrected chi connectivity index (χ3v) is 6.29. The summed E-state index contributed by atoms with van der Waals surface area (Å²) in [5.41, 5.74) is 3.30. The highest BCUT2D eigenvalue weighted by atomic mass is 32.1. The SMILES string of the molecule is CC(=O)NCC(C)(C(N)=O)c1cccc(-c2nc(C(F)(F)F)c(C(=O)c3ccc(F)cc3)s2)c1. The van der Waals surface area contributed by atoms with Gasteiger partial charge in [-0.1, -0.05) is 18.2 Å². The highest BCUT2D eigenvalue weighted by Crippen LogP contribution is 2.39. The van der Waals surface area contributed by atoms with Crippen LogP contribution in [-0.2, 0) is 21.2 Å². The average Bonchev–Trinajstić information content (AvgIpc) is 3.23. The number of carbonyl (C=O) groups is 3. The molecular weight excluding hydrogens is 474 g/mol. The Bertz CT molecular complexity index is 1260. The van der Waals surface area contributed by atoms with Crippen LogP contribution in [0.2, 0.25) is 0 Å². The van der Waals surface area contributed by atoms with Gasteiger partial charge in [0.1, 0.15) is 15.7 Å². The van der Waals surface area contributed by atoms with Gasteiger partial charge >= 0.3 is 6.18 Å². The smallest absolute Gasteiger partial charge is 0.369 e. The minimum absolute atomic E-state index is 0.106. The van der Waals surface area contributed by atoms with Gasteiger partial charge in [-0.25, -0.2) is 9.37 Å². The lowest BCUT2D eigenvalue weighted by Gasteiger charge is -2.27. The molecule has 178 valence electrons. The standard InChI is InChI=1S/C23H19F4N3O3S/c1-12(31)29-11-22(2,21(28)33)15-5-3-4-14(10-15)20-30-19(23(25,26)27)18(34-20)17(32)13-6-8-16(24)9-7-13/h3-10H,11H2,1-2H3,(H2,28,33)(H,29,31). The second-order valence-corrected chi connectivity index (χ2v) is 8.72. The zero-order valence-electron chi connectivity index (χ0n) is 18.0. The number of carbonyl (C=O) groups excluding carboxylic acids is 3. The van der Waals surface area contributed by atoms with Crippen LogP contribution in [0.3, 0.4) is 0 Å². The number of nitrogens with zero attached hydrogens (tertiary/aromatic N) is 1. The number of nitrogens with one attached hydrogen (secondary N) is 1. The zero-order valence-corrected chi connectivity index (χ0v) is 18.8. The van der Waals surface area contributed by atoms with E-state index in [0.29, 0.717) is 16.9 Å². The molecule has 3 rings (SSSR count). The number of ketones is 1. The number of primary amides is 1. The van der Waals surface area contributed by atoms with E-state index in [0.717, 1.165) is 24.3 Å². The van der Waals surface area contributed by atoms with Crippen LogP contribution in [0.4, 0.5) is 17.6 Å². The van der Waals surface area contributed by atoms with Crippen LogP contribution in [0.1, 0.15) is 40.3 Å². The Morgan fingerprint density at radius 3 is 2.29 bits per heavy atom. The van der Waals surface area contributed by atoms with Crippen molar-refractivity contribution in [2.75, 3.05) is 6.54 Å². The van der Waals surface area contributed by atoms with Crippen molar-refractivity contribution in [2.24, 2.45) is 5.73 Å². The van der Waals surface area contributed by atoms with Gasteiger partial charge in [0.25, 0.3) is 0 Å². The number of benzene rings is 2. The maximum absolute atomic E-state index is 13.7. The molecule has 0 fully saturated rings. The number of halogens is 4. The van der Waals surface area contributed by atoms with E-state index < -0.39 is 39.7 Å². The van der Waals surface area contributed by atoms with Gasteiger partial charge in [-0.05, 0) is 42.8 Å². The fraction of sp³-hybridized carbons (Fsp3) is 0.217. The first kappa shape index (κ1) is 25.0. The summed E-state index contributed by atoms with van der Waals surface area (Å²) in [6, 6.07) is 10.1. The monoisotopic (exact) mass is 493 g/mol. The molecule has 3 aromatic rings. The molecule has 0 aliphatic carbocycles. The average molecular weight is 493 g/mol. The summed E-state index contributed by atoms with van der Waals surface area (Å²) in [5, 5.41) is 2.42. The second kappa shape index (κ2) is 9.34. The molecule has 2 amide bonds. The summed E-state index contributed by atoms with van der Waals surface area (Å²) in [6.45, 7) is 2.64. The van der Waals surface area contributed by atoms with Crippen molar-refractivity contribution >= 4 is 28.9 Å². The van der Waals surface area contributed by atoms with E-state index in [2.05, 4.69) is 10.3 Å². The van der Waals surface area contributed by atoms with Crippen molar-refractivity contribution in [3.05, 3.63) is 76.0 Å². The maximum atomic E-state index is 13.7. The van der Waals surface area contributed by atoms with Crippen molar-refractivity contribution in [1.29, 1.82) is 0 Å². The van der Waals surface area contributed by atoms with Gasteiger partial charge in [-0.3, -0.25) is 14.4 Å². The first-order valence-corrected chi connectivity index (χ1v) is 10.7. The van der Waals surface area contributed by atoms with Crippen molar-refractivity contribution in [2.45, 2.75) is 25.4 Å². The maximum Gasteiger partial charge on any atom is 0.434 e. The van der Waals surface area contributed by atoms with Crippen molar-refractivity contribution in [1.82, 2.24) is 10.3 Å². The van der Waals surface area contributed by atoms with Crippen LogP contribution in [0.15, 0.2) is 48.5 Å².